The maximum atomic E-state index is 11.5. The van der Waals surface area contributed by atoms with E-state index in [-0.39, 0.29) is 6.29 Å². The Morgan fingerprint density at radius 3 is 2.74 bits per heavy atom. The Labute approximate surface area is 109 Å². The molecule has 0 bridgehead atoms. The van der Waals surface area contributed by atoms with Gasteiger partial charge >= 0.3 is 5.63 Å². The van der Waals surface area contributed by atoms with Crippen LogP contribution in [0.5, 0.6) is 0 Å². The van der Waals surface area contributed by atoms with Crippen LogP contribution in [0, 0.1) is 6.92 Å². The Morgan fingerprint density at radius 1 is 1.37 bits per heavy atom. The Hall–Kier alpha value is -2.43. The number of nitrogens with zero attached hydrogens (tertiary/aromatic N) is 1. The lowest BCUT2D eigenvalue weighted by Crippen LogP contribution is -2.31. The smallest absolute Gasteiger partial charge is 0.336 e. The van der Waals surface area contributed by atoms with Crippen molar-refractivity contribution in [1.82, 2.24) is 0 Å². The van der Waals surface area contributed by atoms with E-state index in [2.05, 4.69) is 0 Å². The van der Waals surface area contributed by atoms with Crippen LogP contribution in [0.2, 0.25) is 0 Å². The first-order valence-corrected chi connectivity index (χ1v) is 5.88. The van der Waals surface area contributed by atoms with E-state index in [0.29, 0.717) is 17.8 Å². The van der Waals surface area contributed by atoms with Crippen LogP contribution in [0.25, 0.3) is 11.0 Å². The number of benzene rings is 1. The number of amides is 1. The normalized spacial score (nSPS) is 10.4. The Bertz CT molecular complexity index is 702. The zero-order chi connectivity index (χ0) is 14.0. The largest absolute Gasteiger partial charge is 0.423 e. The number of hydrogen-bond acceptors (Lipinski definition) is 4. The van der Waals surface area contributed by atoms with E-state index in [1.807, 2.05) is 6.92 Å². The number of hydrogen-bond donors (Lipinski definition) is 0. The summed E-state index contributed by atoms with van der Waals surface area (Å²) in [6.07, 6.45) is 0.264. The highest BCUT2D eigenvalue weighted by atomic mass is 16.4. The molecule has 0 aliphatic rings. The van der Waals surface area contributed by atoms with Gasteiger partial charge in [0.25, 0.3) is 5.91 Å². The fourth-order valence-electron chi connectivity index (χ4n) is 2.01. The van der Waals surface area contributed by atoms with Gasteiger partial charge in [-0.25, -0.2) is 4.79 Å². The highest BCUT2D eigenvalue weighted by molar-refractivity contribution is 6.30. The zero-order valence-corrected chi connectivity index (χ0v) is 10.7. The lowest BCUT2D eigenvalue weighted by Gasteiger charge is -2.18. The Balaban J connectivity index is 2.60. The maximum absolute atomic E-state index is 11.5. The summed E-state index contributed by atoms with van der Waals surface area (Å²) in [5.74, 6) is -0.628. The van der Waals surface area contributed by atoms with Gasteiger partial charge in [0.1, 0.15) is 5.58 Å². The number of anilines is 1. The predicted octanol–water partition coefficient (Wildman–Crippen LogP) is 1.65. The van der Waals surface area contributed by atoms with Crippen molar-refractivity contribution in [3.63, 3.8) is 0 Å². The number of carbonyl (C=O) groups is 2. The van der Waals surface area contributed by atoms with Crippen molar-refractivity contribution < 1.29 is 14.0 Å². The molecule has 0 aliphatic heterocycles. The van der Waals surface area contributed by atoms with Crippen LogP contribution >= 0.6 is 0 Å². The molecule has 1 aromatic carbocycles. The monoisotopic (exact) mass is 259 g/mol. The van der Waals surface area contributed by atoms with E-state index < -0.39 is 11.5 Å². The van der Waals surface area contributed by atoms with Crippen LogP contribution in [0.15, 0.2) is 33.5 Å². The summed E-state index contributed by atoms with van der Waals surface area (Å²) in [6, 6.07) is 6.49. The van der Waals surface area contributed by atoms with Crippen molar-refractivity contribution in [3.8, 4) is 0 Å². The molecule has 0 saturated carbocycles. The van der Waals surface area contributed by atoms with E-state index in [9.17, 15) is 14.4 Å². The van der Waals surface area contributed by atoms with Gasteiger partial charge in [0.2, 0.25) is 6.29 Å². The van der Waals surface area contributed by atoms with Gasteiger partial charge in [-0.05, 0) is 31.5 Å². The predicted molar refractivity (Wildman–Crippen MR) is 71.3 cm³/mol. The fraction of sp³-hybridized carbons (Fsp3) is 0.214. The second kappa shape index (κ2) is 5.06. The van der Waals surface area contributed by atoms with Crippen LogP contribution < -0.4 is 10.5 Å². The van der Waals surface area contributed by atoms with Crippen molar-refractivity contribution in [1.29, 1.82) is 0 Å². The summed E-state index contributed by atoms with van der Waals surface area (Å²) < 4.78 is 5.11. The molecule has 0 aliphatic carbocycles. The summed E-state index contributed by atoms with van der Waals surface area (Å²) in [4.78, 5) is 34.7. The van der Waals surface area contributed by atoms with Crippen molar-refractivity contribution in [2.24, 2.45) is 0 Å². The van der Waals surface area contributed by atoms with Crippen LogP contribution in [0.1, 0.15) is 12.5 Å². The van der Waals surface area contributed by atoms with Crippen LogP contribution in [-0.4, -0.2) is 18.7 Å². The SMILES string of the molecule is CCN(C(=O)C=O)c1ccc2c(C)cc(=O)oc2c1. The van der Waals surface area contributed by atoms with Gasteiger partial charge in [0.15, 0.2) is 0 Å². The molecular formula is C14H13NO4. The first-order chi connectivity index (χ1) is 9.06. The lowest BCUT2D eigenvalue weighted by molar-refractivity contribution is -0.129. The van der Waals surface area contributed by atoms with Crippen molar-refractivity contribution in [2.75, 3.05) is 11.4 Å². The molecule has 2 rings (SSSR count). The van der Waals surface area contributed by atoms with Gasteiger partial charge in [0, 0.05) is 29.8 Å². The van der Waals surface area contributed by atoms with Gasteiger partial charge in [-0.1, -0.05) is 0 Å². The van der Waals surface area contributed by atoms with Crippen molar-refractivity contribution in [2.45, 2.75) is 13.8 Å². The van der Waals surface area contributed by atoms with E-state index in [0.717, 1.165) is 10.9 Å². The second-order valence-electron chi connectivity index (χ2n) is 4.13. The second-order valence-corrected chi connectivity index (χ2v) is 4.13. The number of aryl methyl sites for hydroxylation is 1. The Morgan fingerprint density at radius 2 is 2.11 bits per heavy atom. The molecule has 0 N–H and O–H groups in total. The minimum atomic E-state index is -0.628. The molecule has 5 heteroatoms. The summed E-state index contributed by atoms with van der Waals surface area (Å²) in [5, 5.41) is 0.804. The van der Waals surface area contributed by atoms with Gasteiger partial charge in [0.05, 0.1) is 0 Å². The average Bonchev–Trinajstić information content (AvgIpc) is 2.38. The first-order valence-electron chi connectivity index (χ1n) is 5.88. The Kier molecular flexibility index (Phi) is 3.46. The van der Waals surface area contributed by atoms with Gasteiger partial charge < -0.3 is 9.32 Å². The molecule has 0 atom stereocenters. The third kappa shape index (κ3) is 2.40. The van der Waals surface area contributed by atoms with Gasteiger partial charge in [-0.15, -0.1) is 0 Å². The standard InChI is InChI=1S/C14H13NO4/c1-3-15(13(17)8-16)10-4-5-11-9(2)6-14(18)19-12(11)7-10/h4-8H,3H2,1-2H3. The molecule has 19 heavy (non-hydrogen) atoms. The number of fused-ring (bicyclic) bond motifs is 1. The molecule has 0 radical (unpaired) electrons. The highest BCUT2D eigenvalue weighted by Gasteiger charge is 2.14. The third-order valence-electron chi connectivity index (χ3n) is 2.93. The number of rotatable bonds is 3. The molecule has 1 aromatic heterocycles. The number of aldehydes is 1. The molecule has 0 fully saturated rings. The number of carbonyl (C=O) groups excluding carboxylic acids is 2. The summed E-state index contributed by atoms with van der Waals surface area (Å²) in [6.45, 7) is 3.93. The van der Waals surface area contributed by atoms with E-state index >= 15 is 0 Å². The van der Waals surface area contributed by atoms with Crippen LogP contribution in [0.4, 0.5) is 5.69 Å². The highest BCUT2D eigenvalue weighted by Crippen LogP contribution is 2.23. The minimum Gasteiger partial charge on any atom is -0.423 e. The topological polar surface area (TPSA) is 67.6 Å². The van der Waals surface area contributed by atoms with Crippen LogP contribution in [0.3, 0.4) is 0 Å². The van der Waals surface area contributed by atoms with Crippen LogP contribution in [-0.2, 0) is 9.59 Å². The molecular weight excluding hydrogens is 246 g/mol. The summed E-state index contributed by atoms with van der Waals surface area (Å²) in [7, 11) is 0. The summed E-state index contributed by atoms with van der Waals surface area (Å²) in [5.41, 5.74) is 1.30. The maximum Gasteiger partial charge on any atom is 0.336 e. The molecule has 98 valence electrons. The molecule has 0 unspecified atom stereocenters. The molecule has 0 spiro atoms. The minimum absolute atomic E-state index is 0.264. The molecule has 1 heterocycles. The summed E-state index contributed by atoms with van der Waals surface area (Å²) >= 11 is 0. The van der Waals surface area contributed by atoms with E-state index in [1.165, 1.54) is 11.0 Å². The lowest BCUT2D eigenvalue weighted by atomic mass is 10.1. The van der Waals surface area contributed by atoms with E-state index in [1.54, 1.807) is 25.1 Å². The quantitative estimate of drug-likeness (QED) is 0.477. The van der Waals surface area contributed by atoms with Crippen molar-refractivity contribution >= 4 is 28.8 Å². The number of likely N-dealkylation sites (N-methyl/N-ethyl adjacent to an activating group) is 1. The molecule has 1 amide bonds. The third-order valence-corrected chi connectivity index (χ3v) is 2.93. The van der Waals surface area contributed by atoms with Crippen molar-refractivity contribution in [3.05, 3.63) is 40.2 Å². The molecule has 0 saturated heterocycles. The van der Waals surface area contributed by atoms with E-state index in [4.69, 9.17) is 4.42 Å². The zero-order valence-electron chi connectivity index (χ0n) is 10.7. The first kappa shape index (κ1) is 13.0. The molecule has 2 aromatic rings. The molecule has 5 nitrogen and oxygen atoms in total. The van der Waals surface area contributed by atoms with Gasteiger partial charge in [-0.2, -0.15) is 0 Å². The average molecular weight is 259 g/mol. The fourth-order valence-corrected chi connectivity index (χ4v) is 2.01. The van der Waals surface area contributed by atoms with Gasteiger partial charge in [-0.3, -0.25) is 9.59 Å².